The van der Waals surface area contributed by atoms with E-state index >= 15 is 4.39 Å². The fourth-order valence-electron chi connectivity index (χ4n) is 7.06. The van der Waals surface area contributed by atoms with E-state index in [1.54, 1.807) is 24.5 Å². The quantitative estimate of drug-likeness (QED) is 0.264. The number of halogens is 2. The summed E-state index contributed by atoms with van der Waals surface area (Å²) in [6.45, 7) is 4.03. The Morgan fingerprint density at radius 3 is 2.75 bits per heavy atom. The smallest absolute Gasteiger partial charge is 0.407 e. The van der Waals surface area contributed by atoms with E-state index in [1.165, 1.54) is 12.8 Å². The minimum absolute atomic E-state index is 0.0141. The van der Waals surface area contributed by atoms with Crippen LogP contribution in [0.4, 0.5) is 15.0 Å². The van der Waals surface area contributed by atoms with Gasteiger partial charge in [-0.3, -0.25) is 15.0 Å². The van der Waals surface area contributed by atoms with Gasteiger partial charge in [0, 0.05) is 35.3 Å². The van der Waals surface area contributed by atoms with Gasteiger partial charge in [-0.05, 0) is 63.2 Å². The number of nitrogens with zero attached hydrogens (tertiary/aromatic N) is 6. The van der Waals surface area contributed by atoms with E-state index in [1.807, 2.05) is 4.90 Å². The predicted molar refractivity (Wildman–Crippen MR) is 163 cm³/mol. The van der Waals surface area contributed by atoms with Gasteiger partial charge in [0.25, 0.3) is 0 Å². The third-order valence-corrected chi connectivity index (χ3v) is 9.88. The Labute approximate surface area is 258 Å². The second kappa shape index (κ2) is 11.0. The molecule has 44 heavy (non-hydrogen) atoms. The van der Waals surface area contributed by atoms with Crippen LogP contribution in [0.3, 0.4) is 0 Å². The Kier molecular flexibility index (Phi) is 6.93. The van der Waals surface area contributed by atoms with Crippen molar-refractivity contribution in [3.8, 4) is 17.3 Å². The summed E-state index contributed by atoms with van der Waals surface area (Å²) in [4.78, 5) is 30.7. The number of anilines is 1. The Morgan fingerprint density at radius 2 is 1.95 bits per heavy atom. The molecule has 4 fully saturated rings. The number of fused-ring (bicyclic) bond motifs is 3. The normalized spacial score (nSPS) is 19.8. The fraction of sp³-hybridized carbons (Fsp3) is 0.516. The molecule has 8 rings (SSSR count). The monoisotopic (exact) mass is 620 g/mol. The number of ether oxygens (including phenoxy) is 2. The van der Waals surface area contributed by atoms with E-state index < -0.39 is 11.9 Å². The molecule has 3 saturated heterocycles. The van der Waals surface area contributed by atoms with Crippen LogP contribution in [-0.2, 0) is 4.74 Å². The maximum Gasteiger partial charge on any atom is 0.407 e. The van der Waals surface area contributed by atoms with Gasteiger partial charge in [0.2, 0.25) is 0 Å². The van der Waals surface area contributed by atoms with Crippen LogP contribution < -0.4 is 15.0 Å². The standard InChI is InChI=1S/C31H34ClFN8O3/c32-19-11-21(22-14-35-39-24(22)12-19)26-25(33)27-23(13-34-26)28(40-15-20(16-40)36-30(42)43-10-5-18-3-4-18)38-29(37-27)44-17-31-6-1-8-41(31)9-2-7-31/h11-14,18,20H,1-10,15-17H2,(H,35,39)(H,36,42). The molecule has 0 radical (unpaired) electrons. The number of nitrogens with one attached hydrogen (secondary N) is 2. The lowest BCUT2D eigenvalue weighted by molar-refractivity contribution is 0.107. The molecule has 11 nitrogen and oxygen atoms in total. The van der Waals surface area contributed by atoms with Gasteiger partial charge < -0.3 is 19.7 Å². The first kappa shape index (κ1) is 27.8. The summed E-state index contributed by atoms with van der Waals surface area (Å²) in [5, 5.41) is 11.5. The van der Waals surface area contributed by atoms with Gasteiger partial charge in [-0.1, -0.05) is 24.4 Å². The first-order valence-corrected chi connectivity index (χ1v) is 15.9. The molecule has 3 aliphatic heterocycles. The van der Waals surface area contributed by atoms with Crippen LogP contribution in [0.15, 0.2) is 24.5 Å². The number of amides is 1. The number of rotatable bonds is 9. The average Bonchev–Trinajstić information content (AvgIpc) is 3.34. The maximum atomic E-state index is 16.5. The summed E-state index contributed by atoms with van der Waals surface area (Å²) in [6, 6.07) is 3.44. The van der Waals surface area contributed by atoms with Crippen LogP contribution in [-0.4, -0.2) is 87.1 Å². The van der Waals surface area contributed by atoms with Gasteiger partial charge >= 0.3 is 12.1 Å². The Bertz CT molecular complexity index is 1730. The molecule has 230 valence electrons. The summed E-state index contributed by atoms with van der Waals surface area (Å²) in [7, 11) is 0. The summed E-state index contributed by atoms with van der Waals surface area (Å²) >= 11 is 6.37. The van der Waals surface area contributed by atoms with Crippen LogP contribution in [0.1, 0.15) is 44.9 Å². The van der Waals surface area contributed by atoms with Crippen LogP contribution in [0, 0.1) is 11.7 Å². The molecule has 4 aliphatic rings. The summed E-state index contributed by atoms with van der Waals surface area (Å²) in [6.07, 6.45) is 10.6. The number of aromatic nitrogens is 5. The lowest BCUT2D eigenvalue weighted by Crippen LogP contribution is -2.59. The van der Waals surface area contributed by atoms with E-state index in [9.17, 15) is 4.79 Å². The number of aromatic amines is 1. The minimum atomic E-state index is -0.586. The SMILES string of the molecule is O=C(NC1CN(c2nc(OCC34CCCN3CCC4)nc3c(F)c(-c4cc(Cl)cc5[nH]ncc45)ncc23)C1)OCCC1CC1. The number of H-pyrrole nitrogens is 1. The molecule has 4 aromatic rings. The van der Waals surface area contributed by atoms with Crippen LogP contribution in [0.25, 0.3) is 33.1 Å². The minimum Gasteiger partial charge on any atom is -0.461 e. The predicted octanol–water partition coefficient (Wildman–Crippen LogP) is 5.08. The van der Waals surface area contributed by atoms with E-state index in [-0.39, 0.29) is 28.8 Å². The number of alkyl carbamates (subject to hydrolysis) is 1. The lowest BCUT2D eigenvalue weighted by atomic mass is 9.95. The molecule has 1 amide bonds. The van der Waals surface area contributed by atoms with Gasteiger partial charge in [-0.15, -0.1) is 0 Å². The van der Waals surface area contributed by atoms with Crippen molar-refractivity contribution in [2.24, 2.45) is 5.92 Å². The van der Waals surface area contributed by atoms with Crippen molar-refractivity contribution >= 4 is 45.3 Å². The zero-order chi connectivity index (χ0) is 29.8. The average molecular weight is 621 g/mol. The first-order valence-electron chi connectivity index (χ1n) is 15.5. The summed E-state index contributed by atoms with van der Waals surface area (Å²) in [5.41, 5.74) is 1.43. The molecule has 0 bridgehead atoms. The molecule has 0 spiro atoms. The third-order valence-electron chi connectivity index (χ3n) is 9.66. The maximum absolute atomic E-state index is 16.5. The molecule has 2 N–H and O–H groups in total. The van der Waals surface area contributed by atoms with Crippen molar-refractivity contribution in [3.05, 3.63) is 35.4 Å². The van der Waals surface area contributed by atoms with Gasteiger partial charge in [0.15, 0.2) is 5.82 Å². The van der Waals surface area contributed by atoms with Crippen molar-refractivity contribution in [2.75, 3.05) is 44.3 Å². The van der Waals surface area contributed by atoms with Gasteiger partial charge in [0.1, 0.15) is 23.6 Å². The lowest BCUT2D eigenvalue weighted by Gasteiger charge is -2.40. The summed E-state index contributed by atoms with van der Waals surface area (Å²) in [5.74, 6) is 0.639. The van der Waals surface area contributed by atoms with Crippen LogP contribution in [0.5, 0.6) is 6.01 Å². The molecule has 3 aromatic heterocycles. The molecule has 0 unspecified atom stereocenters. The van der Waals surface area contributed by atoms with E-state index in [0.29, 0.717) is 64.9 Å². The van der Waals surface area contributed by atoms with Crippen LogP contribution >= 0.6 is 11.6 Å². The number of hydrogen-bond donors (Lipinski definition) is 2. The van der Waals surface area contributed by atoms with Crippen molar-refractivity contribution < 1.29 is 18.7 Å². The number of carbonyl (C=O) groups is 1. The zero-order valence-corrected chi connectivity index (χ0v) is 25.1. The molecular formula is C31H34ClFN8O3. The fourth-order valence-corrected chi connectivity index (χ4v) is 7.28. The number of carbonyl (C=O) groups excluding carboxylic acids is 1. The van der Waals surface area contributed by atoms with Gasteiger partial charge in [0.05, 0.1) is 35.3 Å². The summed E-state index contributed by atoms with van der Waals surface area (Å²) < 4.78 is 28.1. The second-order valence-electron chi connectivity index (χ2n) is 12.6. The molecule has 13 heteroatoms. The van der Waals surface area contributed by atoms with E-state index in [2.05, 4.69) is 30.4 Å². The van der Waals surface area contributed by atoms with E-state index in [0.717, 1.165) is 45.2 Å². The highest BCUT2D eigenvalue weighted by Gasteiger charge is 2.45. The zero-order valence-electron chi connectivity index (χ0n) is 24.3. The highest BCUT2D eigenvalue weighted by Crippen LogP contribution is 2.40. The van der Waals surface area contributed by atoms with Crippen molar-refractivity contribution in [1.29, 1.82) is 0 Å². The largest absolute Gasteiger partial charge is 0.461 e. The molecule has 6 heterocycles. The number of pyridine rings is 1. The third kappa shape index (κ3) is 5.07. The van der Waals surface area contributed by atoms with Crippen molar-refractivity contribution in [1.82, 2.24) is 35.4 Å². The second-order valence-corrected chi connectivity index (χ2v) is 13.1. The number of hydrogen-bond acceptors (Lipinski definition) is 9. The van der Waals surface area contributed by atoms with Crippen molar-refractivity contribution in [3.63, 3.8) is 0 Å². The van der Waals surface area contributed by atoms with Crippen LogP contribution in [0.2, 0.25) is 5.02 Å². The Morgan fingerprint density at radius 1 is 1.14 bits per heavy atom. The molecule has 1 aliphatic carbocycles. The highest BCUT2D eigenvalue weighted by molar-refractivity contribution is 6.31. The highest BCUT2D eigenvalue weighted by atomic mass is 35.5. The molecule has 0 atom stereocenters. The Hall–Kier alpha value is -3.77. The first-order chi connectivity index (χ1) is 21.5. The van der Waals surface area contributed by atoms with Gasteiger partial charge in [-0.25, -0.2) is 9.18 Å². The van der Waals surface area contributed by atoms with E-state index in [4.69, 9.17) is 26.1 Å². The van der Waals surface area contributed by atoms with Gasteiger partial charge in [-0.2, -0.15) is 15.1 Å². The van der Waals surface area contributed by atoms with Crippen molar-refractivity contribution in [2.45, 2.75) is 56.5 Å². The molecular weight excluding hydrogens is 587 g/mol. The Balaban J connectivity index is 1.10. The molecule has 1 aromatic carbocycles. The number of benzene rings is 1. The molecule has 1 saturated carbocycles. The topological polar surface area (TPSA) is 121 Å².